The first-order valence-electron chi connectivity index (χ1n) is 10.2. The van der Waals surface area contributed by atoms with Crippen LogP contribution in [0.4, 0.5) is 13.2 Å². The summed E-state index contributed by atoms with van der Waals surface area (Å²) in [5.41, 5.74) is -0.192. The predicted molar refractivity (Wildman–Crippen MR) is 116 cm³/mol. The highest BCUT2D eigenvalue weighted by molar-refractivity contribution is 6.00. The molecule has 2 N–H and O–H groups in total. The molecule has 164 valence electrons. The molecule has 3 aromatic carbocycles. The Morgan fingerprint density at radius 2 is 1.81 bits per heavy atom. The number of halogens is 3. The van der Waals surface area contributed by atoms with Crippen LogP contribution in [0, 0.1) is 0 Å². The second-order valence-corrected chi connectivity index (χ2v) is 7.33. The van der Waals surface area contributed by atoms with E-state index in [1.165, 1.54) is 12.1 Å². The average molecular weight is 430 g/mol. The molecule has 31 heavy (non-hydrogen) atoms. The molecule has 3 aromatic rings. The molecule has 0 aliphatic heterocycles. The second kappa shape index (κ2) is 9.83. The fraction of sp³-hybridized carbons (Fsp3) is 0.292. The van der Waals surface area contributed by atoms with Gasteiger partial charge in [0.25, 0.3) is 5.91 Å². The normalized spacial score (nSPS) is 12.5. The molecule has 7 heteroatoms. The van der Waals surface area contributed by atoms with Gasteiger partial charge in [-0.3, -0.25) is 4.79 Å². The minimum atomic E-state index is -4.39. The van der Waals surface area contributed by atoms with Crippen molar-refractivity contribution in [3.8, 4) is 11.5 Å². The van der Waals surface area contributed by atoms with Crippen LogP contribution in [0.1, 0.15) is 36.2 Å². The summed E-state index contributed by atoms with van der Waals surface area (Å²) < 4.78 is 44.0. The molecular weight excluding hydrogens is 405 g/mol. The van der Waals surface area contributed by atoms with Gasteiger partial charge in [0.05, 0.1) is 5.56 Å². The minimum Gasteiger partial charge on any atom is -0.457 e. The zero-order valence-electron chi connectivity index (χ0n) is 17.4. The summed E-state index contributed by atoms with van der Waals surface area (Å²) in [6, 6.07) is 15.3. The van der Waals surface area contributed by atoms with Gasteiger partial charge in [-0.1, -0.05) is 19.1 Å². The van der Waals surface area contributed by atoms with Crippen LogP contribution in [0.2, 0.25) is 0 Å². The first kappa shape index (κ1) is 22.6. The summed E-state index contributed by atoms with van der Waals surface area (Å²) in [6.07, 6.45) is -3.56. The third kappa shape index (κ3) is 5.98. The number of hydrogen-bond donors (Lipinski definition) is 2. The Morgan fingerprint density at radius 1 is 1.06 bits per heavy atom. The summed E-state index contributed by atoms with van der Waals surface area (Å²) in [7, 11) is 0. The van der Waals surface area contributed by atoms with Crippen LogP contribution in [0.3, 0.4) is 0 Å². The Balaban J connectivity index is 1.74. The topological polar surface area (TPSA) is 50.4 Å². The third-order valence-corrected chi connectivity index (χ3v) is 4.89. The Morgan fingerprint density at radius 3 is 2.48 bits per heavy atom. The van der Waals surface area contributed by atoms with Gasteiger partial charge in [-0.2, -0.15) is 13.2 Å². The maximum atomic E-state index is 12.7. The Labute approximate surface area is 179 Å². The highest BCUT2D eigenvalue weighted by Crippen LogP contribution is 2.33. The lowest BCUT2D eigenvalue weighted by molar-refractivity contribution is -0.137. The molecule has 3 rings (SSSR count). The molecule has 4 nitrogen and oxygen atoms in total. The van der Waals surface area contributed by atoms with Gasteiger partial charge in [0.15, 0.2) is 0 Å². The third-order valence-electron chi connectivity index (χ3n) is 4.89. The molecular formula is C24H25F3N2O2. The van der Waals surface area contributed by atoms with Crippen molar-refractivity contribution in [3.63, 3.8) is 0 Å². The van der Waals surface area contributed by atoms with Crippen molar-refractivity contribution in [2.75, 3.05) is 13.1 Å². The molecule has 0 bridgehead atoms. The van der Waals surface area contributed by atoms with E-state index in [2.05, 4.69) is 10.6 Å². The van der Waals surface area contributed by atoms with E-state index in [0.29, 0.717) is 17.1 Å². The van der Waals surface area contributed by atoms with Gasteiger partial charge in [-0.25, -0.2) is 0 Å². The molecule has 0 unspecified atom stereocenters. The fourth-order valence-corrected chi connectivity index (χ4v) is 3.20. The van der Waals surface area contributed by atoms with Crippen LogP contribution < -0.4 is 15.4 Å². The van der Waals surface area contributed by atoms with E-state index < -0.39 is 11.7 Å². The Hall–Kier alpha value is -3.06. The van der Waals surface area contributed by atoms with Crippen LogP contribution in [0.15, 0.2) is 60.7 Å². The molecule has 0 heterocycles. The molecule has 0 aliphatic carbocycles. The molecule has 1 atom stereocenters. The van der Waals surface area contributed by atoms with Crippen molar-refractivity contribution in [1.82, 2.24) is 10.6 Å². The number of ether oxygens (including phenoxy) is 1. The first-order valence-corrected chi connectivity index (χ1v) is 10.2. The minimum absolute atomic E-state index is 0.0385. The molecule has 0 spiro atoms. The number of carbonyl (C=O) groups is 1. The number of benzene rings is 3. The zero-order valence-corrected chi connectivity index (χ0v) is 17.4. The van der Waals surface area contributed by atoms with Crippen LogP contribution in [-0.4, -0.2) is 25.0 Å². The molecule has 0 aliphatic rings. The van der Waals surface area contributed by atoms with Gasteiger partial charge in [0.1, 0.15) is 11.5 Å². The van der Waals surface area contributed by atoms with Crippen LogP contribution >= 0.6 is 0 Å². The first-order chi connectivity index (χ1) is 14.8. The lowest BCUT2D eigenvalue weighted by Crippen LogP contribution is -2.34. The SMILES string of the molecule is CCNCC[C@@H](C)NC(=O)c1ccc2c(Oc3ccc(C(F)(F)F)cc3)cccc2c1. The fourth-order valence-electron chi connectivity index (χ4n) is 3.20. The van der Waals surface area contributed by atoms with E-state index in [-0.39, 0.29) is 11.9 Å². The summed E-state index contributed by atoms with van der Waals surface area (Å²) in [5, 5.41) is 7.79. The molecule has 1 amide bonds. The highest BCUT2D eigenvalue weighted by atomic mass is 19.4. The van der Waals surface area contributed by atoms with E-state index in [9.17, 15) is 18.0 Å². The smallest absolute Gasteiger partial charge is 0.416 e. The van der Waals surface area contributed by atoms with Gasteiger partial charge < -0.3 is 15.4 Å². The number of nitrogens with one attached hydrogen (secondary N) is 2. The van der Waals surface area contributed by atoms with Crippen molar-refractivity contribution < 1.29 is 22.7 Å². The number of rotatable bonds is 8. The second-order valence-electron chi connectivity index (χ2n) is 7.33. The zero-order chi connectivity index (χ0) is 22.4. The number of amides is 1. The standard InChI is InChI=1S/C24H25F3N2O2/c1-3-28-14-13-16(2)29-23(30)18-7-12-21-17(15-18)5-4-6-22(21)31-20-10-8-19(9-11-20)24(25,26)27/h4-12,15-16,28H,3,13-14H2,1-2H3,(H,29,30)/t16-/m1/s1. The highest BCUT2D eigenvalue weighted by Gasteiger charge is 2.30. The summed E-state index contributed by atoms with van der Waals surface area (Å²) in [4.78, 5) is 12.6. The van der Waals surface area contributed by atoms with Crippen molar-refractivity contribution >= 4 is 16.7 Å². The summed E-state index contributed by atoms with van der Waals surface area (Å²) in [5.74, 6) is 0.653. The lowest BCUT2D eigenvalue weighted by atomic mass is 10.1. The number of hydrogen-bond acceptors (Lipinski definition) is 3. The van der Waals surface area contributed by atoms with Gasteiger partial charge in [-0.15, -0.1) is 0 Å². The maximum Gasteiger partial charge on any atom is 0.416 e. The van der Waals surface area contributed by atoms with Crippen LogP contribution in [0.5, 0.6) is 11.5 Å². The number of fused-ring (bicyclic) bond motifs is 1. The van der Waals surface area contributed by atoms with Gasteiger partial charge in [0, 0.05) is 17.0 Å². The van der Waals surface area contributed by atoms with Crippen molar-refractivity contribution in [2.24, 2.45) is 0 Å². The van der Waals surface area contributed by atoms with E-state index in [1.807, 2.05) is 19.9 Å². The van der Waals surface area contributed by atoms with E-state index in [4.69, 9.17) is 4.74 Å². The lowest BCUT2D eigenvalue weighted by Gasteiger charge is -2.15. The Kier molecular flexibility index (Phi) is 7.17. The monoisotopic (exact) mass is 430 g/mol. The molecule has 0 saturated heterocycles. The quantitative estimate of drug-likeness (QED) is 0.446. The van der Waals surface area contributed by atoms with Gasteiger partial charge in [0.2, 0.25) is 0 Å². The predicted octanol–water partition coefficient (Wildman–Crippen LogP) is 5.77. The molecule has 0 aromatic heterocycles. The number of carbonyl (C=O) groups excluding carboxylic acids is 1. The Bertz CT molecular complexity index is 1030. The molecule has 0 saturated carbocycles. The van der Waals surface area contributed by atoms with Crippen molar-refractivity contribution in [1.29, 1.82) is 0 Å². The molecule has 0 radical (unpaired) electrons. The van der Waals surface area contributed by atoms with Crippen molar-refractivity contribution in [3.05, 3.63) is 71.8 Å². The maximum absolute atomic E-state index is 12.7. The molecule has 0 fully saturated rings. The van der Waals surface area contributed by atoms with Gasteiger partial charge >= 0.3 is 6.18 Å². The summed E-state index contributed by atoms with van der Waals surface area (Å²) in [6.45, 7) is 5.72. The van der Waals surface area contributed by atoms with Crippen LogP contribution in [0.25, 0.3) is 10.8 Å². The summed E-state index contributed by atoms with van der Waals surface area (Å²) >= 11 is 0. The van der Waals surface area contributed by atoms with E-state index in [0.717, 1.165) is 42.4 Å². The van der Waals surface area contributed by atoms with Gasteiger partial charge in [-0.05, 0) is 80.4 Å². The van der Waals surface area contributed by atoms with Crippen molar-refractivity contribution in [2.45, 2.75) is 32.5 Å². The average Bonchev–Trinajstić information content (AvgIpc) is 2.73. The van der Waals surface area contributed by atoms with E-state index >= 15 is 0 Å². The van der Waals surface area contributed by atoms with E-state index in [1.54, 1.807) is 30.3 Å². The number of alkyl halides is 3. The largest absolute Gasteiger partial charge is 0.457 e. The van der Waals surface area contributed by atoms with Crippen LogP contribution in [-0.2, 0) is 6.18 Å².